The Balaban J connectivity index is 1.85. The summed E-state index contributed by atoms with van der Waals surface area (Å²) >= 11 is 6.89. The first kappa shape index (κ1) is 14.1. The molecule has 0 radical (unpaired) electrons. The molecule has 0 aliphatic carbocycles. The molecule has 0 fully saturated rings. The van der Waals surface area contributed by atoms with Gasteiger partial charge in [0.25, 0.3) is 0 Å². The fourth-order valence-electron chi connectivity index (χ4n) is 1.64. The molecule has 0 amide bonds. The van der Waals surface area contributed by atoms with Crippen LogP contribution in [0.5, 0.6) is 0 Å². The van der Waals surface area contributed by atoms with Gasteiger partial charge in [-0.3, -0.25) is 0 Å². The van der Waals surface area contributed by atoms with Gasteiger partial charge in [-0.2, -0.15) is 0 Å². The van der Waals surface area contributed by atoms with E-state index in [1.54, 1.807) is 23.1 Å². The molecule has 4 heteroatoms. The van der Waals surface area contributed by atoms with Crippen molar-refractivity contribution in [1.29, 1.82) is 0 Å². The third kappa shape index (κ3) is 4.12. The highest BCUT2D eigenvalue weighted by Crippen LogP contribution is 2.26. The predicted octanol–water partition coefficient (Wildman–Crippen LogP) is 4.51. The van der Waals surface area contributed by atoms with Gasteiger partial charge in [0, 0.05) is 26.4 Å². The summed E-state index contributed by atoms with van der Waals surface area (Å²) in [7, 11) is 0. The van der Waals surface area contributed by atoms with E-state index in [1.165, 1.54) is 15.3 Å². The predicted molar refractivity (Wildman–Crippen MR) is 83.6 cm³/mol. The zero-order valence-corrected chi connectivity index (χ0v) is 13.3. The van der Waals surface area contributed by atoms with Gasteiger partial charge in [-0.25, -0.2) is 0 Å². The van der Waals surface area contributed by atoms with Crippen LogP contribution in [0.2, 0.25) is 0 Å². The number of hydrogen-bond acceptors (Lipinski definition) is 3. The molecule has 1 heterocycles. The summed E-state index contributed by atoms with van der Waals surface area (Å²) < 4.78 is 1.10. The smallest absolute Gasteiger partial charge is 0.0682 e. The van der Waals surface area contributed by atoms with Crippen molar-refractivity contribution in [3.05, 3.63) is 50.6 Å². The number of thioether (sulfide) groups is 1. The van der Waals surface area contributed by atoms with Gasteiger partial charge in [0.05, 0.1) is 6.10 Å². The maximum absolute atomic E-state index is 10.0. The van der Waals surface area contributed by atoms with Crippen LogP contribution in [-0.2, 0) is 6.42 Å². The highest BCUT2D eigenvalue weighted by atomic mass is 79.9. The minimum atomic E-state index is -0.300. The van der Waals surface area contributed by atoms with Crippen LogP contribution in [0.3, 0.4) is 0 Å². The van der Waals surface area contributed by atoms with Crippen LogP contribution in [0, 0.1) is 6.92 Å². The Hall–Kier alpha value is -0.290. The van der Waals surface area contributed by atoms with E-state index in [4.69, 9.17) is 0 Å². The van der Waals surface area contributed by atoms with Crippen LogP contribution in [0.15, 0.2) is 45.1 Å². The van der Waals surface area contributed by atoms with Crippen molar-refractivity contribution in [3.63, 3.8) is 0 Å². The maximum atomic E-state index is 10.0. The van der Waals surface area contributed by atoms with Gasteiger partial charge in [0.15, 0.2) is 0 Å². The number of hydrogen-bond donors (Lipinski definition) is 1. The molecular weight excluding hydrogens is 328 g/mol. The van der Waals surface area contributed by atoms with Crippen LogP contribution in [0.1, 0.15) is 10.4 Å². The quantitative estimate of drug-likeness (QED) is 0.806. The third-order valence-corrected chi connectivity index (χ3v) is 5.63. The molecule has 0 aliphatic heterocycles. The molecule has 18 heavy (non-hydrogen) atoms. The zero-order chi connectivity index (χ0) is 13.0. The molecule has 1 atom stereocenters. The van der Waals surface area contributed by atoms with Crippen molar-refractivity contribution in [2.45, 2.75) is 24.3 Å². The molecule has 1 aromatic heterocycles. The Kier molecular flexibility index (Phi) is 5.30. The van der Waals surface area contributed by atoms with E-state index in [0.717, 1.165) is 16.6 Å². The van der Waals surface area contributed by atoms with E-state index in [0.29, 0.717) is 0 Å². The Morgan fingerprint density at radius 3 is 2.89 bits per heavy atom. The summed E-state index contributed by atoms with van der Waals surface area (Å²) in [5, 5.41) is 12.1. The average molecular weight is 343 g/mol. The van der Waals surface area contributed by atoms with Gasteiger partial charge in [-0.1, -0.05) is 17.7 Å². The normalized spacial score (nSPS) is 12.6. The number of halogens is 1. The summed E-state index contributed by atoms with van der Waals surface area (Å²) in [5.74, 6) is 0.730. The third-order valence-electron chi connectivity index (χ3n) is 2.54. The van der Waals surface area contributed by atoms with Gasteiger partial charge in [0.2, 0.25) is 0 Å². The highest BCUT2D eigenvalue weighted by Gasteiger charge is 2.10. The minimum absolute atomic E-state index is 0.300. The minimum Gasteiger partial charge on any atom is -0.392 e. The van der Waals surface area contributed by atoms with E-state index in [9.17, 15) is 5.11 Å². The van der Waals surface area contributed by atoms with Crippen molar-refractivity contribution >= 4 is 39.0 Å². The summed E-state index contributed by atoms with van der Waals surface area (Å²) in [6, 6.07) is 10.4. The van der Waals surface area contributed by atoms with Crippen molar-refractivity contribution in [2.75, 3.05) is 5.75 Å². The van der Waals surface area contributed by atoms with Crippen LogP contribution in [0.4, 0.5) is 0 Å². The number of benzene rings is 1. The van der Waals surface area contributed by atoms with Gasteiger partial charge < -0.3 is 5.11 Å². The summed E-state index contributed by atoms with van der Waals surface area (Å²) in [4.78, 5) is 2.44. The molecule has 1 unspecified atom stereocenters. The summed E-state index contributed by atoms with van der Waals surface area (Å²) in [5.41, 5.74) is 1.26. The van der Waals surface area contributed by atoms with Crippen molar-refractivity contribution in [3.8, 4) is 0 Å². The zero-order valence-electron chi connectivity index (χ0n) is 10.1. The molecule has 2 aromatic rings. The Labute approximate surface area is 124 Å². The van der Waals surface area contributed by atoms with E-state index >= 15 is 0 Å². The average Bonchev–Trinajstić information content (AvgIpc) is 2.73. The summed E-state index contributed by atoms with van der Waals surface area (Å²) in [6.45, 7) is 2.09. The van der Waals surface area contributed by atoms with Crippen molar-refractivity contribution in [1.82, 2.24) is 0 Å². The second-order valence-electron chi connectivity index (χ2n) is 4.18. The lowest BCUT2D eigenvalue weighted by molar-refractivity contribution is 0.201. The Morgan fingerprint density at radius 2 is 2.22 bits per heavy atom. The van der Waals surface area contributed by atoms with E-state index in [2.05, 4.69) is 47.1 Å². The van der Waals surface area contributed by atoms with E-state index in [-0.39, 0.29) is 6.10 Å². The molecule has 96 valence electrons. The Morgan fingerprint density at radius 1 is 1.39 bits per heavy atom. The number of rotatable bonds is 5. The topological polar surface area (TPSA) is 20.2 Å². The van der Waals surface area contributed by atoms with Gasteiger partial charge >= 0.3 is 0 Å². The molecule has 0 saturated heterocycles. The first-order chi connectivity index (χ1) is 8.65. The second-order valence-corrected chi connectivity index (χ2v) is 7.13. The number of aryl methyl sites for hydroxylation is 1. The molecule has 0 bridgehead atoms. The van der Waals surface area contributed by atoms with E-state index < -0.39 is 0 Å². The molecule has 0 spiro atoms. The molecule has 0 saturated carbocycles. The lowest BCUT2D eigenvalue weighted by Crippen LogP contribution is -2.12. The molecular formula is C14H15BrOS2. The molecule has 2 rings (SSSR count). The SMILES string of the molecule is Cc1cccc(SCC(O)Cc2sccc2Br)c1. The Bertz CT molecular complexity index is 510. The van der Waals surface area contributed by atoms with Crippen LogP contribution in [-0.4, -0.2) is 17.0 Å². The lowest BCUT2D eigenvalue weighted by Gasteiger charge is -2.09. The van der Waals surface area contributed by atoms with Gasteiger partial charge in [-0.05, 0) is 46.4 Å². The van der Waals surface area contributed by atoms with Crippen LogP contribution in [0.25, 0.3) is 0 Å². The van der Waals surface area contributed by atoms with E-state index in [1.807, 2.05) is 11.4 Å². The molecule has 1 aromatic carbocycles. The highest BCUT2D eigenvalue weighted by molar-refractivity contribution is 9.10. The van der Waals surface area contributed by atoms with Gasteiger partial charge in [-0.15, -0.1) is 23.1 Å². The summed E-state index contributed by atoms with van der Waals surface area (Å²) in [6.07, 6.45) is 0.419. The van der Waals surface area contributed by atoms with Crippen molar-refractivity contribution in [2.24, 2.45) is 0 Å². The number of aliphatic hydroxyl groups excluding tert-OH is 1. The second kappa shape index (κ2) is 6.75. The van der Waals surface area contributed by atoms with Crippen molar-refractivity contribution < 1.29 is 5.11 Å². The molecule has 0 aliphatic rings. The maximum Gasteiger partial charge on any atom is 0.0682 e. The van der Waals surface area contributed by atoms with Crippen LogP contribution < -0.4 is 0 Å². The standard InChI is InChI=1S/C14H15BrOS2/c1-10-3-2-4-12(7-10)18-9-11(16)8-14-13(15)5-6-17-14/h2-7,11,16H,8-9H2,1H3. The fourth-order valence-corrected chi connectivity index (χ4v) is 4.17. The van der Waals surface area contributed by atoms with Crippen LogP contribution >= 0.6 is 39.0 Å². The monoisotopic (exact) mass is 342 g/mol. The fraction of sp³-hybridized carbons (Fsp3) is 0.286. The number of thiophene rings is 1. The first-order valence-corrected chi connectivity index (χ1v) is 8.40. The largest absolute Gasteiger partial charge is 0.392 e. The molecule has 1 N–H and O–H groups in total. The van der Waals surface area contributed by atoms with Gasteiger partial charge in [0.1, 0.15) is 0 Å². The molecule has 1 nitrogen and oxygen atoms in total. The lowest BCUT2D eigenvalue weighted by atomic mass is 10.2. The first-order valence-electron chi connectivity index (χ1n) is 5.74. The number of aliphatic hydroxyl groups is 1.